The second-order valence-electron chi connectivity index (χ2n) is 31.8. The van der Waals surface area contributed by atoms with Crippen LogP contribution in [-0.4, -0.2) is 225 Å². The van der Waals surface area contributed by atoms with Gasteiger partial charge >= 0.3 is 24.0 Å². The van der Waals surface area contributed by atoms with Gasteiger partial charge in [-0.1, -0.05) is 68.8 Å². The zero-order chi connectivity index (χ0) is 89.4. The van der Waals surface area contributed by atoms with Crippen molar-refractivity contribution in [3.63, 3.8) is 0 Å². The highest BCUT2D eigenvalue weighted by molar-refractivity contribution is 6.33. The van der Waals surface area contributed by atoms with Gasteiger partial charge < -0.3 is 87.4 Å². The molecule has 15 heterocycles. The van der Waals surface area contributed by atoms with E-state index in [0.29, 0.717) is 136 Å². The normalized spacial score (nSPS) is 16.9. The van der Waals surface area contributed by atoms with Crippen LogP contribution in [0.25, 0.3) is 55.0 Å². The van der Waals surface area contributed by atoms with Crippen LogP contribution in [0.15, 0.2) is 130 Å². The summed E-state index contributed by atoms with van der Waals surface area (Å²) in [6, 6.07) is 24.4. The number of hydrogen-bond acceptors (Lipinski definition) is 36. The predicted octanol–water partition coefficient (Wildman–Crippen LogP) is 13.3. The summed E-state index contributed by atoms with van der Waals surface area (Å²) in [5, 5.41) is 9.81. The zero-order valence-electron chi connectivity index (χ0n) is 73.3. The molecule has 0 aliphatic carbocycles. The number of nitrogens with one attached hydrogen (secondary N) is 2. The molecule has 4 N–H and O–H groups in total. The highest BCUT2D eigenvalue weighted by Gasteiger charge is 2.33. The molecule has 13 aromatic rings. The lowest BCUT2D eigenvalue weighted by molar-refractivity contribution is -0.0299. The number of benzene rings is 3. The van der Waals surface area contributed by atoms with Gasteiger partial charge in [0.05, 0.1) is 67.2 Å². The number of hydrogen-bond donors (Lipinski definition) is 3. The first-order chi connectivity index (χ1) is 62.3. The van der Waals surface area contributed by atoms with Gasteiger partial charge in [0.25, 0.3) is 18.0 Å². The molecule has 0 bridgehead atoms. The monoisotopic (exact) mass is 1770 g/mol. The molecule has 5 aliphatic rings. The lowest BCUT2D eigenvalue weighted by atomic mass is 10.1. The van der Waals surface area contributed by atoms with E-state index in [-0.39, 0.29) is 54.8 Å². The molecule has 5 fully saturated rings. The average Bonchev–Trinajstić information content (AvgIpc) is 1.76. The van der Waals surface area contributed by atoms with Crippen molar-refractivity contribution in [3.8, 4) is 0 Å². The number of carbonyl (C=O) groups excluding carboxylic acids is 4. The van der Waals surface area contributed by atoms with Crippen LogP contribution in [0.1, 0.15) is 200 Å². The standard InChI is InChI=1S/C31H36N10O4.C26H34N6O5.C21H26N6O3.C10H11ClN4O/c1-3-21(35-27-25-29(33-18-32-27)41(19-34-25)24-11-7-8-16-44-24)26-36-22-10-6-5-9-20(22)28(38-26)39-12-14-40(15-13-39)31-37-23(17-45-31)30(42)43-4-2;1-6-18(29-25(34)37-26(3,4)5)21-27-19-11-9-8-10-17(19)22(30-21)31-12-14-32(15-13-31)24-28-20(16-36-24)23(33)35-7-2;1-3-15(22)18-23-16-8-6-5-7-14(16)19(25-18)26-9-11-27(12-10-26)21-24-17(13-30-21)20(28)29-4-2;11-9-8-10(13-5-12-9)15(6-14-8)7-3-1-2-4-16-7/h5-6,9-10,17-19,21,24H,3-4,7-8,11-16H2,1-2H3,(H,32,33,35);8-11,16,18H,6-7,12-15H2,1-5H3,(H,29,34);5-8,13,15H,3-4,9-12,22H2,1-2H3;5-7H,1-4H2/t21-,24?;18-;15-;/m000./s1. The molecular weight excluding hydrogens is 1660 g/mol. The van der Waals surface area contributed by atoms with Crippen LogP contribution in [-0.2, 0) is 28.4 Å². The van der Waals surface area contributed by atoms with E-state index in [4.69, 9.17) is 83.9 Å². The SMILES string of the molecule is CCOC(=O)c1coc(N2CCN(c3nc([C@@H](N)CC)nc4ccccc34)CC2)n1.CCOC(=O)c1coc(N2CCN(c3nc([C@H](CC)NC(=O)OC(C)(C)C)nc4ccccc34)CC2)n1.CCOC(=O)c1coc(N2CCN(c3nc([C@H](CC)Nc4ncnc5c4ncn5C4CCCCO4)nc4ccccc34)CC2)n1.Clc1ncnc2c1ncn2C1CCCCO1. The molecule has 0 saturated carbocycles. The molecular formula is C88H107ClN26O13. The Morgan fingerprint density at radius 1 is 0.461 bits per heavy atom. The quantitative estimate of drug-likeness (QED) is 0.0304. The van der Waals surface area contributed by atoms with E-state index < -0.39 is 35.6 Å². The van der Waals surface area contributed by atoms with Crippen LogP contribution in [0.4, 0.5) is 46.1 Å². The van der Waals surface area contributed by atoms with Crippen LogP contribution in [0.2, 0.25) is 5.15 Å². The number of nitrogens with zero attached hydrogens (tertiary/aromatic N) is 23. The van der Waals surface area contributed by atoms with Crippen LogP contribution < -0.4 is 45.8 Å². The third-order valence-electron chi connectivity index (χ3n) is 22.1. The maximum absolute atomic E-state index is 12.5. The Morgan fingerprint density at radius 2 is 0.844 bits per heavy atom. The van der Waals surface area contributed by atoms with E-state index in [9.17, 15) is 19.2 Å². The van der Waals surface area contributed by atoms with Gasteiger partial charge in [-0.15, -0.1) is 0 Å². The number of nitrogens with two attached hydrogens (primary N) is 1. The smallest absolute Gasteiger partial charge is 0.408 e. The maximum Gasteiger partial charge on any atom is 0.408 e. The van der Waals surface area contributed by atoms with Crippen LogP contribution in [0.3, 0.4) is 0 Å². The molecule has 0 spiro atoms. The van der Waals surface area contributed by atoms with Gasteiger partial charge in [-0.3, -0.25) is 9.13 Å². The molecule has 10 aromatic heterocycles. The predicted molar refractivity (Wildman–Crippen MR) is 479 cm³/mol. The first kappa shape index (κ1) is 89.7. The summed E-state index contributed by atoms with van der Waals surface area (Å²) in [7, 11) is 0. The number of anilines is 7. The van der Waals surface area contributed by atoms with Gasteiger partial charge in [0.2, 0.25) is 0 Å². The Kier molecular flexibility index (Phi) is 29.1. The van der Waals surface area contributed by atoms with Gasteiger partial charge in [0.1, 0.15) is 78.3 Å². The average molecular weight is 1770 g/mol. The van der Waals surface area contributed by atoms with E-state index in [1.165, 1.54) is 31.5 Å². The molecule has 0 radical (unpaired) electrons. The number of fused-ring (bicyclic) bond motifs is 5. The first-order valence-electron chi connectivity index (χ1n) is 43.7. The number of halogens is 1. The summed E-state index contributed by atoms with van der Waals surface area (Å²) in [5.41, 5.74) is 11.5. The largest absolute Gasteiger partial charge is 0.461 e. The van der Waals surface area contributed by atoms with Crippen molar-refractivity contribution in [3.05, 3.63) is 157 Å². The first-order valence-corrected chi connectivity index (χ1v) is 44.1. The van der Waals surface area contributed by atoms with E-state index in [2.05, 4.69) is 88.2 Å². The number of imidazole rings is 2. The van der Waals surface area contributed by atoms with Crippen molar-refractivity contribution >= 4 is 132 Å². The highest BCUT2D eigenvalue weighted by atomic mass is 35.5. The number of ether oxygens (including phenoxy) is 6. The summed E-state index contributed by atoms with van der Waals surface area (Å²) in [5.74, 6) is 3.66. The molecule has 5 saturated heterocycles. The second kappa shape index (κ2) is 41.5. The van der Waals surface area contributed by atoms with Gasteiger partial charge in [-0.2, -0.15) is 15.0 Å². The second-order valence-corrected chi connectivity index (χ2v) is 32.2. The summed E-state index contributed by atoms with van der Waals surface area (Å²) in [4.78, 5) is 129. The van der Waals surface area contributed by atoms with Gasteiger partial charge in [0.15, 0.2) is 56.5 Å². The minimum atomic E-state index is -0.600. The Morgan fingerprint density at radius 3 is 1.24 bits per heavy atom. The Hall–Kier alpha value is -13.1. The van der Waals surface area contributed by atoms with Crippen LogP contribution in [0, 0.1) is 0 Å². The van der Waals surface area contributed by atoms with Crippen molar-refractivity contribution < 1.29 is 60.9 Å². The molecule has 39 nitrogen and oxygen atoms in total. The van der Waals surface area contributed by atoms with Crippen molar-refractivity contribution in [2.24, 2.45) is 5.73 Å². The van der Waals surface area contributed by atoms with E-state index in [0.717, 1.165) is 133 Å². The molecule has 5 aliphatic heterocycles. The fourth-order valence-corrected chi connectivity index (χ4v) is 15.6. The molecule has 5 atom stereocenters. The number of piperazine rings is 3. The summed E-state index contributed by atoms with van der Waals surface area (Å²) < 4.78 is 52.7. The van der Waals surface area contributed by atoms with Gasteiger partial charge in [-0.05, 0) is 136 Å². The molecule has 3 aromatic carbocycles. The Labute approximate surface area is 743 Å². The third-order valence-corrected chi connectivity index (χ3v) is 22.4. The van der Waals surface area contributed by atoms with E-state index >= 15 is 0 Å². The fraction of sp³-hybridized carbons (Fsp3) is 0.466. The highest BCUT2D eigenvalue weighted by Crippen LogP contribution is 2.36. The molecule has 18 rings (SSSR count). The molecule has 674 valence electrons. The molecule has 128 heavy (non-hydrogen) atoms. The van der Waals surface area contributed by atoms with Crippen LogP contribution in [0.5, 0.6) is 0 Å². The van der Waals surface area contributed by atoms with Crippen molar-refractivity contribution in [2.45, 2.75) is 156 Å². The summed E-state index contributed by atoms with van der Waals surface area (Å²) in [6.07, 6.45) is 18.5. The number of rotatable bonds is 23. The fourth-order valence-electron chi connectivity index (χ4n) is 15.5. The zero-order valence-corrected chi connectivity index (χ0v) is 74.0. The number of alkyl carbamates (subject to hydrolysis) is 1. The molecule has 2 unspecified atom stereocenters. The molecule has 1 amide bonds. The number of esters is 3. The Balaban J connectivity index is 0.000000138. The molecule has 40 heteroatoms. The minimum Gasteiger partial charge on any atom is -0.461 e. The van der Waals surface area contributed by atoms with Crippen molar-refractivity contribution in [1.29, 1.82) is 0 Å². The van der Waals surface area contributed by atoms with Gasteiger partial charge in [-0.25, -0.2) is 79.0 Å². The number of amides is 1. The lowest BCUT2D eigenvalue weighted by Crippen LogP contribution is -2.47. The third kappa shape index (κ3) is 21.1. The van der Waals surface area contributed by atoms with Gasteiger partial charge in [0, 0.05) is 108 Å². The minimum absolute atomic E-state index is 0.0321. The summed E-state index contributed by atoms with van der Waals surface area (Å²) >= 11 is 5.94. The number of aromatic nitrogens is 17. The maximum atomic E-state index is 12.5. The van der Waals surface area contributed by atoms with E-state index in [1.807, 2.05) is 125 Å². The topological polar surface area (TPSA) is 436 Å². The van der Waals surface area contributed by atoms with Crippen molar-refractivity contribution in [1.82, 2.24) is 89.2 Å². The number of para-hydroxylation sites is 3. The van der Waals surface area contributed by atoms with Crippen molar-refractivity contribution in [2.75, 3.05) is 146 Å². The Bertz CT molecular complexity index is 5940. The summed E-state index contributed by atoms with van der Waals surface area (Å²) in [6.45, 7) is 27.4. The lowest BCUT2D eigenvalue weighted by Gasteiger charge is -2.35. The van der Waals surface area contributed by atoms with Crippen LogP contribution >= 0.6 is 11.6 Å². The number of carbonyl (C=O) groups is 4. The van der Waals surface area contributed by atoms with E-state index in [1.54, 1.807) is 39.8 Å². The number of oxazole rings is 3.